The molecule has 1 aliphatic rings. The van der Waals surface area contributed by atoms with Crippen molar-refractivity contribution in [1.82, 2.24) is 19.6 Å². The van der Waals surface area contributed by atoms with E-state index in [4.69, 9.17) is 0 Å². The molecule has 0 N–H and O–H groups in total. The van der Waals surface area contributed by atoms with Gasteiger partial charge >= 0.3 is 0 Å². The standard InChI is InChI=1S/C14H24N4O/c1-4-8-18-12(6-7-15-18)14(19)13-11-16(2)9-5-10-17(13)3/h6-7,13H,4-5,8-11H2,1-3H3. The first-order valence-corrected chi connectivity index (χ1v) is 7.08. The fourth-order valence-corrected chi connectivity index (χ4v) is 2.66. The zero-order valence-electron chi connectivity index (χ0n) is 12.2. The van der Waals surface area contributed by atoms with Gasteiger partial charge in [0.2, 0.25) is 0 Å². The van der Waals surface area contributed by atoms with Gasteiger partial charge in [-0.05, 0) is 46.1 Å². The van der Waals surface area contributed by atoms with Gasteiger partial charge in [-0.2, -0.15) is 5.10 Å². The summed E-state index contributed by atoms with van der Waals surface area (Å²) in [5.41, 5.74) is 0.744. The first kappa shape index (κ1) is 14.2. The van der Waals surface area contributed by atoms with Crippen LogP contribution in [0.1, 0.15) is 30.3 Å². The van der Waals surface area contributed by atoms with Crippen molar-refractivity contribution in [3.63, 3.8) is 0 Å². The summed E-state index contributed by atoms with van der Waals surface area (Å²) in [6.07, 6.45) is 3.83. The summed E-state index contributed by atoms with van der Waals surface area (Å²) in [5, 5.41) is 4.25. The summed E-state index contributed by atoms with van der Waals surface area (Å²) in [4.78, 5) is 17.2. The van der Waals surface area contributed by atoms with E-state index in [0.717, 1.165) is 44.7 Å². The van der Waals surface area contributed by atoms with E-state index >= 15 is 0 Å². The molecule has 1 aromatic rings. The fourth-order valence-electron chi connectivity index (χ4n) is 2.66. The van der Waals surface area contributed by atoms with Gasteiger partial charge in [0.15, 0.2) is 5.78 Å². The Balaban J connectivity index is 2.18. The summed E-state index contributed by atoms with van der Waals surface area (Å²) in [5.74, 6) is 0.196. The molecule has 1 saturated heterocycles. The summed E-state index contributed by atoms with van der Waals surface area (Å²) in [7, 11) is 4.13. The van der Waals surface area contributed by atoms with Gasteiger partial charge in [-0.25, -0.2) is 0 Å². The lowest BCUT2D eigenvalue weighted by Gasteiger charge is -2.26. The molecule has 5 nitrogen and oxygen atoms in total. The number of ketones is 1. The van der Waals surface area contributed by atoms with E-state index in [1.54, 1.807) is 6.20 Å². The molecule has 0 amide bonds. The topological polar surface area (TPSA) is 41.4 Å². The van der Waals surface area contributed by atoms with Gasteiger partial charge in [0, 0.05) is 19.3 Å². The third kappa shape index (κ3) is 3.22. The van der Waals surface area contributed by atoms with Gasteiger partial charge in [-0.1, -0.05) is 6.92 Å². The molecule has 5 heteroatoms. The Bertz CT molecular complexity index is 429. The summed E-state index contributed by atoms with van der Waals surface area (Å²) < 4.78 is 1.83. The summed E-state index contributed by atoms with van der Waals surface area (Å²) >= 11 is 0. The molecule has 0 bridgehead atoms. The number of hydrogen-bond donors (Lipinski definition) is 0. The van der Waals surface area contributed by atoms with Crippen LogP contribution in [0.2, 0.25) is 0 Å². The quantitative estimate of drug-likeness (QED) is 0.764. The van der Waals surface area contributed by atoms with Crippen molar-refractivity contribution < 1.29 is 4.79 Å². The van der Waals surface area contributed by atoms with Crippen LogP contribution in [0.25, 0.3) is 0 Å². The van der Waals surface area contributed by atoms with Crippen LogP contribution in [-0.2, 0) is 6.54 Å². The summed E-state index contributed by atoms with van der Waals surface area (Å²) in [6.45, 7) is 5.74. The van der Waals surface area contributed by atoms with E-state index in [-0.39, 0.29) is 11.8 Å². The van der Waals surface area contributed by atoms with Crippen LogP contribution >= 0.6 is 0 Å². The predicted octanol–water partition coefficient (Wildman–Crippen LogP) is 1.11. The lowest BCUT2D eigenvalue weighted by atomic mass is 10.1. The predicted molar refractivity (Wildman–Crippen MR) is 75.4 cm³/mol. The maximum Gasteiger partial charge on any atom is 0.199 e. The molecule has 2 heterocycles. The van der Waals surface area contributed by atoms with E-state index in [1.165, 1.54) is 0 Å². The fraction of sp³-hybridized carbons (Fsp3) is 0.714. The van der Waals surface area contributed by atoms with Crippen molar-refractivity contribution in [2.75, 3.05) is 33.7 Å². The third-order valence-electron chi connectivity index (χ3n) is 3.77. The second-order valence-corrected chi connectivity index (χ2v) is 5.42. The molecule has 0 spiro atoms. The Morgan fingerprint density at radius 2 is 2.21 bits per heavy atom. The number of aryl methyl sites for hydroxylation is 1. The molecular weight excluding hydrogens is 240 g/mol. The molecule has 1 aromatic heterocycles. The van der Waals surface area contributed by atoms with Crippen LogP contribution in [0.15, 0.2) is 12.3 Å². The number of carbonyl (C=O) groups excluding carboxylic acids is 1. The second kappa shape index (κ2) is 6.30. The molecule has 0 saturated carbocycles. The van der Waals surface area contributed by atoms with E-state index < -0.39 is 0 Å². The lowest BCUT2D eigenvalue weighted by Crippen LogP contribution is -2.44. The van der Waals surface area contributed by atoms with E-state index in [2.05, 4.69) is 28.9 Å². The first-order valence-electron chi connectivity index (χ1n) is 7.08. The average molecular weight is 264 g/mol. The van der Waals surface area contributed by atoms with Crippen LogP contribution in [-0.4, -0.2) is 65.1 Å². The number of Topliss-reactive ketones (excluding diaryl/α,β-unsaturated/α-hetero) is 1. The first-order chi connectivity index (χ1) is 9.13. The Hall–Kier alpha value is -1.20. The lowest BCUT2D eigenvalue weighted by molar-refractivity contribution is 0.0828. The molecule has 0 radical (unpaired) electrons. The minimum atomic E-state index is -0.0557. The Kier molecular flexibility index (Phi) is 4.71. The molecule has 0 aliphatic carbocycles. The Morgan fingerprint density at radius 3 is 2.95 bits per heavy atom. The third-order valence-corrected chi connectivity index (χ3v) is 3.77. The smallest absolute Gasteiger partial charge is 0.199 e. The van der Waals surface area contributed by atoms with Gasteiger partial charge in [-0.3, -0.25) is 14.4 Å². The SMILES string of the molecule is CCCn1nccc1C(=O)C1CN(C)CCCN1C. The van der Waals surface area contributed by atoms with Gasteiger partial charge in [0.25, 0.3) is 0 Å². The van der Waals surface area contributed by atoms with Crippen molar-refractivity contribution >= 4 is 5.78 Å². The molecule has 2 rings (SSSR count). The van der Waals surface area contributed by atoms with Crippen molar-refractivity contribution in [3.05, 3.63) is 18.0 Å². The molecule has 1 fully saturated rings. The normalized spacial score (nSPS) is 22.4. The van der Waals surface area contributed by atoms with Crippen molar-refractivity contribution in [1.29, 1.82) is 0 Å². The highest BCUT2D eigenvalue weighted by molar-refractivity contribution is 5.98. The molecule has 106 valence electrons. The number of likely N-dealkylation sites (N-methyl/N-ethyl adjacent to an activating group) is 2. The number of nitrogens with zero attached hydrogens (tertiary/aromatic N) is 4. The monoisotopic (exact) mass is 264 g/mol. The Morgan fingerprint density at radius 1 is 1.42 bits per heavy atom. The highest BCUT2D eigenvalue weighted by Crippen LogP contribution is 2.13. The Labute approximate surface area is 115 Å². The van der Waals surface area contributed by atoms with Crippen LogP contribution < -0.4 is 0 Å². The highest BCUT2D eigenvalue weighted by atomic mass is 16.1. The maximum atomic E-state index is 12.7. The van der Waals surface area contributed by atoms with Crippen LogP contribution in [0, 0.1) is 0 Å². The highest BCUT2D eigenvalue weighted by Gasteiger charge is 2.29. The van der Waals surface area contributed by atoms with Crippen LogP contribution in [0.4, 0.5) is 0 Å². The van der Waals surface area contributed by atoms with Gasteiger partial charge in [-0.15, -0.1) is 0 Å². The zero-order valence-corrected chi connectivity index (χ0v) is 12.2. The number of carbonyl (C=O) groups is 1. The molecule has 1 atom stereocenters. The minimum Gasteiger partial charge on any atom is -0.304 e. The zero-order chi connectivity index (χ0) is 13.8. The average Bonchev–Trinajstić information content (AvgIpc) is 2.76. The van der Waals surface area contributed by atoms with E-state index in [1.807, 2.05) is 17.8 Å². The van der Waals surface area contributed by atoms with E-state index in [0.29, 0.717) is 0 Å². The molecule has 19 heavy (non-hydrogen) atoms. The number of hydrogen-bond acceptors (Lipinski definition) is 4. The molecule has 1 aliphatic heterocycles. The van der Waals surface area contributed by atoms with Gasteiger partial charge in [0.1, 0.15) is 5.69 Å². The largest absolute Gasteiger partial charge is 0.304 e. The minimum absolute atomic E-state index is 0.0557. The second-order valence-electron chi connectivity index (χ2n) is 5.42. The number of aromatic nitrogens is 2. The molecular formula is C14H24N4O. The van der Waals surface area contributed by atoms with Gasteiger partial charge < -0.3 is 4.90 Å². The molecule has 0 aromatic carbocycles. The van der Waals surface area contributed by atoms with E-state index in [9.17, 15) is 4.79 Å². The number of rotatable bonds is 4. The van der Waals surface area contributed by atoms with Crippen molar-refractivity contribution in [2.45, 2.75) is 32.4 Å². The maximum absolute atomic E-state index is 12.7. The van der Waals surface area contributed by atoms with Crippen LogP contribution in [0.5, 0.6) is 0 Å². The molecule has 1 unspecified atom stereocenters. The summed E-state index contributed by atoms with van der Waals surface area (Å²) in [6, 6.07) is 1.79. The van der Waals surface area contributed by atoms with Gasteiger partial charge in [0.05, 0.1) is 6.04 Å². The van der Waals surface area contributed by atoms with Crippen molar-refractivity contribution in [3.8, 4) is 0 Å². The van der Waals surface area contributed by atoms with Crippen molar-refractivity contribution in [2.24, 2.45) is 0 Å². The van der Waals surface area contributed by atoms with Crippen LogP contribution in [0.3, 0.4) is 0 Å².